The highest BCUT2D eigenvalue weighted by molar-refractivity contribution is 6.33. The zero-order valence-electron chi connectivity index (χ0n) is 18.8. The SMILES string of the molecule is CC(=O)O[C@H]1[C@H](n2cnc3c(Cl)ncnc32)O[C@]2(C[C@@H](OC(=O)c3ccccc3)C2)[C@H]1OC(C)=O. The van der Waals surface area contributed by atoms with Crippen molar-refractivity contribution in [3.8, 4) is 0 Å². The van der Waals surface area contributed by atoms with Crippen LogP contribution in [0.4, 0.5) is 0 Å². The third kappa shape index (κ3) is 4.21. The molecule has 0 N–H and O–H groups in total. The predicted octanol–water partition coefficient (Wildman–Crippen LogP) is 2.63. The second kappa shape index (κ2) is 8.90. The Bertz CT molecular complexity index is 1290. The largest absolute Gasteiger partial charge is 0.459 e. The lowest BCUT2D eigenvalue weighted by Gasteiger charge is -2.46. The zero-order chi connectivity index (χ0) is 24.7. The number of aromatic nitrogens is 4. The van der Waals surface area contributed by atoms with E-state index >= 15 is 0 Å². The molecule has 1 aliphatic heterocycles. The molecule has 0 amide bonds. The van der Waals surface area contributed by atoms with E-state index in [-0.39, 0.29) is 18.0 Å². The van der Waals surface area contributed by atoms with Crippen molar-refractivity contribution < 1.29 is 33.3 Å². The summed E-state index contributed by atoms with van der Waals surface area (Å²) in [4.78, 5) is 48.9. The lowest BCUT2D eigenvalue weighted by Crippen LogP contribution is -2.58. The summed E-state index contributed by atoms with van der Waals surface area (Å²) in [6.45, 7) is 2.51. The summed E-state index contributed by atoms with van der Waals surface area (Å²) >= 11 is 6.14. The first kappa shape index (κ1) is 23.2. The summed E-state index contributed by atoms with van der Waals surface area (Å²) in [6, 6.07) is 8.62. The summed E-state index contributed by atoms with van der Waals surface area (Å²) in [5.74, 6) is -1.62. The number of rotatable bonds is 5. The molecule has 3 aromatic rings. The lowest BCUT2D eigenvalue weighted by molar-refractivity contribution is -0.201. The zero-order valence-corrected chi connectivity index (χ0v) is 19.5. The monoisotopic (exact) mass is 500 g/mol. The molecule has 0 unspecified atom stereocenters. The summed E-state index contributed by atoms with van der Waals surface area (Å²) in [7, 11) is 0. The molecule has 35 heavy (non-hydrogen) atoms. The van der Waals surface area contributed by atoms with Crippen LogP contribution in [0.2, 0.25) is 5.15 Å². The fraction of sp³-hybridized carbons (Fsp3) is 0.391. The number of halogens is 1. The summed E-state index contributed by atoms with van der Waals surface area (Å²) in [5.41, 5.74) is 0.0742. The van der Waals surface area contributed by atoms with Crippen molar-refractivity contribution in [3.63, 3.8) is 0 Å². The molecule has 2 fully saturated rings. The Kier molecular flexibility index (Phi) is 5.89. The summed E-state index contributed by atoms with van der Waals surface area (Å²) < 4.78 is 24.8. The number of imidazole rings is 1. The highest BCUT2D eigenvalue weighted by Crippen LogP contribution is 2.53. The van der Waals surface area contributed by atoms with Gasteiger partial charge in [0, 0.05) is 26.7 Å². The minimum absolute atomic E-state index is 0.151. The Balaban J connectivity index is 1.44. The van der Waals surface area contributed by atoms with E-state index in [1.165, 1.54) is 26.5 Å². The number of esters is 3. The Morgan fingerprint density at radius 1 is 1.03 bits per heavy atom. The molecule has 12 heteroatoms. The molecule has 2 aliphatic rings. The molecule has 1 spiro atoms. The third-order valence-electron chi connectivity index (χ3n) is 6.07. The summed E-state index contributed by atoms with van der Waals surface area (Å²) in [5, 5.41) is 0.151. The summed E-state index contributed by atoms with van der Waals surface area (Å²) in [6.07, 6.45) is -0.162. The van der Waals surface area contributed by atoms with Gasteiger partial charge in [0.2, 0.25) is 0 Å². The molecule has 3 atom stereocenters. The maximum absolute atomic E-state index is 12.5. The van der Waals surface area contributed by atoms with Gasteiger partial charge in [-0.25, -0.2) is 19.7 Å². The van der Waals surface area contributed by atoms with Crippen LogP contribution in [-0.4, -0.2) is 61.3 Å². The molecule has 3 heterocycles. The van der Waals surface area contributed by atoms with Crippen LogP contribution in [0.5, 0.6) is 0 Å². The van der Waals surface area contributed by atoms with E-state index in [0.29, 0.717) is 16.7 Å². The average molecular weight is 501 g/mol. The van der Waals surface area contributed by atoms with Gasteiger partial charge in [0.25, 0.3) is 0 Å². The maximum atomic E-state index is 12.5. The van der Waals surface area contributed by atoms with Crippen molar-refractivity contribution in [2.24, 2.45) is 0 Å². The van der Waals surface area contributed by atoms with Crippen LogP contribution in [0.15, 0.2) is 43.0 Å². The highest BCUT2D eigenvalue weighted by Gasteiger charge is 2.66. The van der Waals surface area contributed by atoms with Gasteiger partial charge in [-0.05, 0) is 12.1 Å². The minimum Gasteiger partial charge on any atom is -0.459 e. The van der Waals surface area contributed by atoms with Gasteiger partial charge < -0.3 is 18.9 Å². The second-order valence-corrected chi connectivity index (χ2v) is 8.83. The van der Waals surface area contributed by atoms with Crippen LogP contribution in [0, 0.1) is 0 Å². The third-order valence-corrected chi connectivity index (χ3v) is 6.34. The van der Waals surface area contributed by atoms with Crippen molar-refractivity contribution in [3.05, 3.63) is 53.7 Å². The van der Waals surface area contributed by atoms with Gasteiger partial charge in [-0.2, -0.15) is 0 Å². The Labute approximate surface area is 204 Å². The molecule has 5 rings (SSSR count). The van der Waals surface area contributed by atoms with Gasteiger partial charge >= 0.3 is 17.9 Å². The molecule has 1 aliphatic carbocycles. The number of carbonyl (C=O) groups is 3. The molecule has 1 saturated carbocycles. The Morgan fingerprint density at radius 3 is 2.43 bits per heavy atom. The molecule has 1 saturated heterocycles. The fourth-order valence-electron chi connectivity index (χ4n) is 4.63. The second-order valence-electron chi connectivity index (χ2n) is 8.47. The van der Waals surface area contributed by atoms with Crippen molar-refractivity contribution in [1.29, 1.82) is 0 Å². The lowest BCUT2D eigenvalue weighted by atomic mass is 9.73. The maximum Gasteiger partial charge on any atom is 0.338 e. The molecule has 0 bridgehead atoms. The normalized spacial score (nSPS) is 27.4. The quantitative estimate of drug-likeness (QED) is 0.292. The number of carbonyl (C=O) groups excluding carboxylic acids is 3. The fourth-order valence-corrected chi connectivity index (χ4v) is 4.81. The number of nitrogens with zero attached hydrogens (tertiary/aromatic N) is 4. The molecule has 182 valence electrons. The van der Waals surface area contributed by atoms with Gasteiger partial charge in [-0.3, -0.25) is 14.2 Å². The first-order valence-electron chi connectivity index (χ1n) is 10.9. The van der Waals surface area contributed by atoms with Crippen LogP contribution >= 0.6 is 11.6 Å². The number of hydrogen-bond donors (Lipinski definition) is 0. The molecule has 2 aromatic heterocycles. The molecular formula is C23H21ClN4O7. The van der Waals surface area contributed by atoms with Gasteiger partial charge in [0.05, 0.1) is 11.9 Å². The number of hydrogen-bond acceptors (Lipinski definition) is 10. The predicted molar refractivity (Wildman–Crippen MR) is 119 cm³/mol. The van der Waals surface area contributed by atoms with Crippen molar-refractivity contribution in [2.45, 2.75) is 56.8 Å². The molecule has 0 radical (unpaired) electrons. The standard InChI is InChI=1S/C23H21ClN4O7/c1-12(29)32-17-18(33-13(2)30)23(8-15(9-23)34-22(31)14-6-4-3-5-7-14)35-21(17)28-11-27-16-19(24)25-10-26-20(16)28/h3-7,10-11,15,17-18,21H,8-9H2,1-2H3/t15-,17-,18+,21-,23+/m1/s1. The number of benzene rings is 1. The highest BCUT2D eigenvalue weighted by atomic mass is 35.5. The smallest absolute Gasteiger partial charge is 0.338 e. The van der Waals surface area contributed by atoms with E-state index in [1.54, 1.807) is 34.9 Å². The first-order valence-corrected chi connectivity index (χ1v) is 11.3. The van der Waals surface area contributed by atoms with Crippen LogP contribution in [0.25, 0.3) is 11.2 Å². The van der Waals surface area contributed by atoms with Crippen molar-refractivity contribution >= 4 is 40.7 Å². The Morgan fingerprint density at radius 2 is 1.74 bits per heavy atom. The number of ether oxygens (including phenoxy) is 4. The van der Waals surface area contributed by atoms with Gasteiger partial charge in [0.1, 0.15) is 23.5 Å². The van der Waals surface area contributed by atoms with E-state index in [0.717, 1.165) is 0 Å². The van der Waals surface area contributed by atoms with Crippen LogP contribution in [0.3, 0.4) is 0 Å². The average Bonchev–Trinajstić information content (AvgIpc) is 3.35. The first-order chi connectivity index (χ1) is 16.8. The molecule has 11 nitrogen and oxygen atoms in total. The van der Waals surface area contributed by atoms with E-state index < -0.39 is 48.0 Å². The van der Waals surface area contributed by atoms with E-state index in [4.69, 9.17) is 30.5 Å². The van der Waals surface area contributed by atoms with Crippen LogP contribution < -0.4 is 0 Å². The molecular weight excluding hydrogens is 480 g/mol. The van der Waals surface area contributed by atoms with E-state index in [2.05, 4.69) is 15.0 Å². The van der Waals surface area contributed by atoms with E-state index in [9.17, 15) is 14.4 Å². The molecule has 1 aromatic carbocycles. The van der Waals surface area contributed by atoms with Crippen LogP contribution in [-0.2, 0) is 28.5 Å². The van der Waals surface area contributed by atoms with Gasteiger partial charge in [-0.15, -0.1) is 0 Å². The topological polar surface area (TPSA) is 132 Å². The van der Waals surface area contributed by atoms with Gasteiger partial charge in [-0.1, -0.05) is 29.8 Å². The Hall–Kier alpha value is -3.57. The number of fused-ring (bicyclic) bond motifs is 1. The van der Waals surface area contributed by atoms with Gasteiger partial charge in [0.15, 0.2) is 29.2 Å². The van der Waals surface area contributed by atoms with Crippen LogP contribution in [0.1, 0.15) is 43.3 Å². The van der Waals surface area contributed by atoms with Crippen molar-refractivity contribution in [2.75, 3.05) is 0 Å². The minimum atomic E-state index is -1.05. The van der Waals surface area contributed by atoms with Crippen molar-refractivity contribution in [1.82, 2.24) is 19.5 Å². The van der Waals surface area contributed by atoms with E-state index in [1.807, 2.05) is 0 Å².